The molecule has 1 saturated heterocycles. The van der Waals surface area contributed by atoms with Crippen molar-refractivity contribution >= 4 is 18.7 Å². The third kappa shape index (κ3) is 1.24. The van der Waals surface area contributed by atoms with E-state index in [1.807, 2.05) is 6.92 Å². The predicted molar refractivity (Wildman–Crippen MR) is 37.5 cm³/mol. The maximum Gasteiger partial charge on any atom is 0.290 e. The van der Waals surface area contributed by atoms with Gasteiger partial charge in [-0.2, -0.15) is 0 Å². The minimum absolute atomic E-state index is 0.801. The van der Waals surface area contributed by atoms with Gasteiger partial charge in [0, 0.05) is 6.61 Å². The summed E-state index contributed by atoms with van der Waals surface area (Å²) in [4.78, 5) is 0. The van der Waals surface area contributed by atoms with Crippen molar-refractivity contribution in [2.45, 2.75) is 25.4 Å². The highest BCUT2D eigenvalue weighted by Gasteiger charge is 2.39. The lowest BCUT2D eigenvalue weighted by atomic mass is 10.5. The summed E-state index contributed by atoms with van der Waals surface area (Å²) in [5, 5.41) is 0. The van der Waals surface area contributed by atoms with Crippen LogP contribution in [0.15, 0.2) is 0 Å². The molecule has 1 heterocycles. The van der Waals surface area contributed by atoms with Crippen LogP contribution in [0.4, 0.5) is 0 Å². The molecule has 3 heteroatoms. The largest absolute Gasteiger partial charge is 0.403 e. The Morgan fingerprint density at radius 1 is 1.62 bits per heavy atom. The normalized spacial score (nSPS) is 24.8. The monoisotopic (exact) mass is 150 g/mol. The van der Waals surface area contributed by atoms with Crippen LogP contribution in [0.25, 0.3) is 0 Å². The van der Waals surface area contributed by atoms with Crippen molar-refractivity contribution in [3.8, 4) is 0 Å². The summed E-state index contributed by atoms with van der Waals surface area (Å²) in [6.45, 7) is 2.81. The lowest BCUT2D eigenvalue weighted by Crippen LogP contribution is -2.38. The second-order valence-electron chi connectivity index (χ2n) is 2.17. The molecule has 1 aliphatic heterocycles. The van der Waals surface area contributed by atoms with Crippen LogP contribution in [0.1, 0.15) is 13.3 Å². The van der Waals surface area contributed by atoms with Gasteiger partial charge < -0.3 is 4.43 Å². The minimum Gasteiger partial charge on any atom is -0.403 e. The van der Waals surface area contributed by atoms with Gasteiger partial charge in [0.1, 0.15) is 0 Å². The molecular weight excluding hydrogens is 140 g/mol. The molecule has 0 aliphatic carbocycles. The van der Waals surface area contributed by atoms with Crippen LogP contribution >= 0.6 is 11.1 Å². The van der Waals surface area contributed by atoms with Gasteiger partial charge in [-0.25, -0.2) is 0 Å². The SMILES string of the molecule is CCO[Si]1(Cl)CCC1. The summed E-state index contributed by atoms with van der Waals surface area (Å²) in [6, 6.07) is 2.34. The summed E-state index contributed by atoms with van der Waals surface area (Å²) < 4.78 is 5.37. The highest BCUT2D eigenvalue weighted by atomic mass is 35.6. The average molecular weight is 151 g/mol. The van der Waals surface area contributed by atoms with Gasteiger partial charge in [-0.15, -0.1) is 11.1 Å². The van der Waals surface area contributed by atoms with Gasteiger partial charge in [-0.1, -0.05) is 6.42 Å². The Hall–Kier alpha value is 0.467. The van der Waals surface area contributed by atoms with Crippen LogP contribution in [0.5, 0.6) is 0 Å². The fraction of sp³-hybridized carbons (Fsp3) is 1.00. The molecule has 0 bridgehead atoms. The van der Waals surface area contributed by atoms with E-state index in [1.54, 1.807) is 0 Å². The Morgan fingerprint density at radius 3 is 2.38 bits per heavy atom. The summed E-state index contributed by atoms with van der Waals surface area (Å²) in [7, 11) is -1.52. The molecule has 0 aromatic carbocycles. The first-order valence-electron chi connectivity index (χ1n) is 3.10. The second kappa shape index (κ2) is 2.37. The summed E-state index contributed by atoms with van der Waals surface area (Å²) in [5.41, 5.74) is 0. The van der Waals surface area contributed by atoms with Crippen molar-refractivity contribution in [1.82, 2.24) is 0 Å². The molecule has 0 radical (unpaired) electrons. The van der Waals surface area contributed by atoms with E-state index in [1.165, 1.54) is 18.5 Å². The Kier molecular flexibility index (Phi) is 1.95. The van der Waals surface area contributed by atoms with E-state index >= 15 is 0 Å². The summed E-state index contributed by atoms with van der Waals surface area (Å²) in [6.07, 6.45) is 1.29. The second-order valence-corrected chi connectivity index (χ2v) is 7.29. The van der Waals surface area contributed by atoms with E-state index in [9.17, 15) is 0 Å². The molecular formula is C5H11ClOSi. The fourth-order valence-corrected chi connectivity index (χ4v) is 3.70. The van der Waals surface area contributed by atoms with Gasteiger partial charge >= 0.3 is 0 Å². The lowest BCUT2D eigenvalue weighted by Gasteiger charge is -2.31. The first-order chi connectivity index (χ1) is 3.77. The van der Waals surface area contributed by atoms with Crippen molar-refractivity contribution in [2.24, 2.45) is 0 Å². The minimum atomic E-state index is -1.52. The molecule has 1 nitrogen and oxygen atoms in total. The quantitative estimate of drug-likeness (QED) is 0.433. The van der Waals surface area contributed by atoms with Crippen molar-refractivity contribution in [2.75, 3.05) is 6.61 Å². The molecule has 8 heavy (non-hydrogen) atoms. The average Bonchev–Trinajstić information content (AvgIpc) is 1.64. The van der Waals surface area contributed by atoms with Gasteiger partial charge in [0.25, 0.3) is 7.63 Å². The molecule has 0 aromatic heterocycles. The van der Waals surface area contributed by atoms with Crippen molar-refractivity contribution in [1.29, 1.82) is 0 Å². The smallest absolute Gasteiger partial charge is 0.290 e. The molecule has 0 aromatic rings. The van der Waals surface area contributed by atoms with Gasteiger partial charge in [0.05, 0.1) is 0 Å². The molecule has 0 amide bonds. The highest BCUT2D eigenvalue weighted by Crippen LogP contribution is 2.36. The molecule has 1 aliphatic rings. The van der Waals surface area contributed by atoms with E-state index in [-0.39, 0.29) is 0 Å². The predicted octanol–water partition coefficient (Wildman–Crippen LogP) is 2.11. The zero-order valence-electron chi connectivity index (χ0n) is 5.11. The Morgan fingerprint density at radius 2 is 2.25 bits per heavy atom. The molecule has 0 atom stereocenters. The van der Waals surface area contributed by atoms with Gasteiger partial charge in [-0.3, -0.25) is 0 Å². The van der Waals surface area contributed by atoms with Crippen molar-refractivity contribution < 1.29 is 4.43 Å². The topological polar surface area (TPSA) is 9.23 Å². The van der Waals surface area contributed by atoms with E-state index in [2.05, 4.69) is 0 Å². The van der Waals surface area contributed by atoms with Crippen LogP contribution in [-0.4, -0.2) is 14.2 Å². The van der Waals surface area contributed by atoms with Crippen molar-refractivity contribution in [3.63, 3.8) is 0 Å². The molecule has 0 N–H and O–H groups in total. The molecule has 0 spiro atoms. The van der Waals surface area contributed by atoms with Gasteiger partial charge in [0.15, 0.2) is 0 Å². The molecule has 0 saturated carbocycles. The van der Waals surface area contributed by atoms with Gasteiger partial charge in [-0.05, 0) is 19.0 Å². The zero-order chi connectivity index (χ0) is 6.04. The maximum absolute atomic E-state index is 6.02. The van der Waals surface area contributed by atoms with Crippen LogP contribution in [0.2, 0.25) is 12.1 Å². The van der Waals surface area contributed by atoms with E-state index in [0.29, 0.717) is 0 Å². The van der Waals surface area contributed by atoms with Crippen LogP contribution < -0.4 is 0 Å². The molecule has 0 unspecified atom stereocenters. The molecule has 1 fully saturated rings. The summed E-state index contributed by atoms with van der Waals surface area (Å²) >= 11 is 6.02. The zero-order valence-corrected chi connectivity index (χ0v) is 6.87. The van der Waals surface area contributed by atoms with Crippen LogP contribution in [-0.2, 0) is 4.43 Å². The first kappa shape index (κ1) is 6.58. The number of rotatable bonds is 2. The van der Waals surface area contributed by atoms with Crippen molar-refractivity contribution in [3.05, 3.63) is 0 Å². The van der Waals surface area contributed by atoms with Crippen LogP contribution in [0.3, 0.4) is 0 Å². The number of hydrogen-bond donors (Lipinski definition) is 0. The molecule has 1 rings (SSSR count). The third-order valence-electron chi connectivity index (χ3n) is 1.50. The molecule has 48 valence electrons. The Labute approximate surface area is 55.8 Å². The summed E-state index contributed by atoms with van der Waals surface area (Å²) in [5.74, 6) is 0. The Balaban J connectivity index is 2.20. The maximum atomic E-state index is 6.02. The van der Waals surface area contributed by atoms with Crippen LogP contribution in [0, 0.1) is 0 Å². The number of halogens is 1. The van der Waals surface area contributed by atoms with E-state index < -0.39 is 7.63 Å². The van der Waals surface area contributed by atoms with E-state index in [0.717, 1.165) is 6.61 Å². The highest BCUT2D eigenvalue weighted by molar-refractivity contribution is 7.18. The first-order valence-corrected chi connectivity index (χ1v) is 6.43. The standard InChI is InChI=1S/C5H11ClOSi/c1-2-7-8(6)4-3-5-8/h2-5H2,1H3. The lowest BCUT2D eigenvalue weighted by molar-refractivity contribution is 0.321. The van der Waals surface area contributed by atoms with E-state index in [4.69, 9.17) is 15.5 Å². The Bertz CT molecular complexity index is 82.5. The number of hydrogen-bond acceptors (Lipinski definition) is 1. The fourth-order valence-electron chi connectivity index (χ4n) is 0.858. The third-order valence-corrected chi connectivity index (χ3v) is 5.97. The van der Waals surface area contributed by atoms with Gasteiger partial charge in [0.2, 0.25) is 0 Å².